The lowest BCUT2D eigenvalue weighted by Crippen LogP contribution is -2.07. The first-order valence-corrected chi connectivity index (χ1v) is 7.78. The van der Waals surface area contributed by atoms with E-state index >= 15 is 0 Å². The van der Waals surface area contributed by atoms with E-state index in [0.29, 0.717) is 12.5 Å². The summed E-state index contributed by atoms with van der Waals surface area (Å²) in [6.45, 7) is 6.31. The molecule has 0 aliphatic rings. The molecule has 1 aromatic heterocycles. The van der Waals surface area contributed by atoms with E-state index in [1.807, 2.05) is 42.1 Å². The summed E-state index contributed by atoms with van der Waals surface area (Å²) >= 11 is 3.45. The molecule has 0 amide bonds. The second kappa shape index (κ2) is 6.55. The van der Waals surface area contributed by atoms with Crippen LogP contribution in [0.15, 0.2) is 34.9 Å². The van der Waals surface area contributed by atoms with Crippen molar-refractivity contribution in [2.45, 2.75) is 45.8 Å². The van der Waals surface area contributed by atoms with E-state index in [-0.39, 0.29) is 0 Å². The molecule has 0 saturated carbocycles. The van der Waals surface area contributed by atoms with Gasteiger partial charge in [0.2, 0.25) is 0 Å². The van der Waals surface area contributed by atoms with Gasteiger partial charge in [-0.15, -0.1) is 0 Å². The van der Waals surface area contributed by atoms with Gasteiger partial charge in [0.25, 0.3) is 0 Å². The quantitative estimate of drug-likeness (QED) is 0.888. The van der Waals surface area contributed by atoms with Gasteiger partial charge < -0.3 is 5.11 Å². The SMILES string of the molecule is CCC(C)n1ccc(CC(O)c2cc(Br)ccc2C)n1. The Balaban J connectivity index is 2.13. The van der Waals surface area contributed by atoms with Gasteiger partial charge in [-0.1, -0.05) is 28.9 Å². The Bertz CT molecular complexity index is 580. The zero-order valence-corrected chi connectivity index (χ0v) is 13.8. The van der Waals surface area contributed by atoms with Gasteiger partial charge in [0.15, 0.2) is 0 Å². The van der Waals surface area contributed by atoms with Crippen LogP contribution in [0, 0.1) is 6.92 Å². The van der Waals surface area contributed by atoms with Crippen molar-refractivity contribution in [2.24, 2.45) is 0 Å². The molecule has 1 aromatic carbocycles. The highest BCUT2D eigenvalue weighted by Gasteiger charge is 2.14. The topological polar surface area (TPSA) is 38.0 Å². The van der Waals surface area contributed by atoms with Crippen molar-refractivity contribution in [1.82, 2.24) is 9.78 Å². The van der Waals surface area contributed by atoms with Crippen molar-refractivity contribution in [2.75, 3.05) is 0 Å². The van der Waals surface area contributed by atoms with Crippen LogP contribution < -0.4 is 0 Å². The summed E-state index contributed by atoms with van der Waals surface area (Å²) in [4.78, 5) is 0. The Labute approximate surface area is 128 Å². The van der Waals surface area contributed by atoms with Crippen LogP contribution in [0.5, 0.6) is 0 Å². The molecule has 1 heterocycles. The maximum atomic E-state index is 10.4. The van der Waals surface area contributed by atoms with Crippen molar-refractivity contribution in [3.05, 3.63) is 51.8 Å². The van der Waals surface area contributed by atoms with Crippen LogP contribution in [-0.4, -0.2) is 14.9 Å². The Morgan fingerprint density at radius 3 is 2.80 bits per heavy atom. The molecule has 0 aliphatic carbocycles. The van der Waals surface area contributed by atoms with Crippen molar-refractivity contribution in [3.63, 3.8) is 0 Å². The van der Waals surface area contributed by atoms with Crippen molar-refractivity contribution in [3.8, 4) is 0 Å². The molecule has 0 saturated heterocycles. The van der Waals surface area contributed by atoms with E-state index in [9.17, 15) is 5.11 Å². The number of hydrogen-bond acceptors (Lipinski definition) is 2. The lowest BCUT2D eigenvalue weighted by atomic mass is 10.0. The molecule has 3 nitrogen and oxygen atoms in total. The molecule has 2 atom stereocenters. The van der Waals surface area contributed by atoms with Crippen LogP contribution >= 0.6 is 15.9 Å². The van der Waals surface area contributed by atoms with Crippen LogP contribution in [0.2, 0.25) is 0 Å². The lowest BCUT2D eigenvalue weighted by Gasteiger charge is -2.13. The molecule has 0 radical (unpaired) electrons. The molecule has 2 aromatic rings. The molecule has 20 heavy (non-hydrogen) atoms. The van der Waals surface area contributed by atoms with Crippen molar-refractivity contribution >= 4 is 15.9 Å². The highest BCUT2D eigenvalue weighted by atomic mass is 79.9. The monoisotopic (exact) mass is 336 g/mol. The van der Waals surface area contributed by atoms with E-state index in [0.717, 1.165) is 27.7 Å². The Morgan fingerprint density at radius 1 is 1.35 bits per heavy atom. The predicted molar refractivity (Wildman–Crippen MR) is 84.8 cm³/mol. The van der Waals surface area contributed by atoms with E-state index < -0.39 is 6.10 Å². The summed E-state index contributed by atoms with van der Waals surface area (Å²) < 4.78 is 2.96. The Kier molecular flexibility index (Phi) is 5.00. The van der Waals surface area contributed by atoms with Crippen molar-refractivity contribution in [1.29, 1.82) is 0 Å². The third kappa shape index (κ3) is 3.49. The number of benzene rings is 1. The van der Waals surface area contributed by atoms with Gasteiger partial charge in [0, 0.05) is 23.1 Å². The zero-order valence-electron chi connectivity index (χ0n) is 12.2. The summed E-state index contributed by atoms with van der Waals surface area (Å²) in [5, 5.41) is 15.0. The lowest BCUT2D eigenvalue weighted by molar-refractivity contribution is 0.176. The standard InChI is InChI=1S/C16H21BrN2O/c1-4-12(3)19-8-7-14(18-19)10-16(20)15-9-13(17)6-5-11(15)2/h5-9,12,16,20H,4,10H2,1-3H3. The largest absolute Gasteiger partial charge is 0.388 e. The third-order valence-corrected chi connectivity index (χ3v) is 4.20. The van der Waals surface area contributed by atoms with Gasteiger partial charge in [-0.2, -0.15) is 5.10 Å². The summed E-state index contributed by atoms with van der Waals surface area (Å²) in [6, 6.07) is 8.37. The number of nitrogens with zero attached hydrogens (tertiary/aromatic N) is 2. The fourth-order valence-electron chi connectivity index (χ4n) is 2.20. The Hall–Kier alpha value is -1.13. The van der Waals surface area contributed by atoms with Gasteiger partial charge in [0.1, 0.15) is 0 Å². The number of rotatable bonds is 5. The minimum Gasteiger partial charge on any atom is -0.388 e. The fraction of sp³-hybridized carbons (Fsp3) is 0.438. The van der Waals surface area contributed by atoms with Gasteiger partial charge >= 0.3 is 0 Å². The highest BCUT2D eigenvalue weighted by molar-refractivity contribution is 9.10. The Morgan fingerprint density at radius 2 is 2.10 bits per heavy atom. The van der Waals surface area contributed by atoms with E-state index in [2.05, 4.69) is 34.9 Å². The molecule has 2 rings (SSSR count). The second-order valence-electron chi connectivity index (χ2n) is 5.27. The van der Waals surface area contributed by atoms with Gasteiger partial charge in [0.05, 0.1) is 11.8 Å². The minimum atomic E-state index is -0.521. The summed E-state index contributed by atoms with van der Waals surface area (Å²) in [7, 11) is 0. The number of hydrogen-bond donors (Lipinski definition) is 1. The maximum Gasteiger partial charge on any atom is 0.0849 e. The van der Waals surface area contributed by atoms with Crippen LogP contribution in [0.1, 0.15) is 49.2 Å². The number of aliphatic hydroxyl groups is 1. The van der Waals surface area contributed by atoms with E-state index in [4.69, 9.17) is 0 Å². The molecule has 4 heteroatoms. The summed E-state index contributed by atoms with van der Waals surface area (Å²) in [5.74, 6) is 0. The van der Waals surface area contributed by atoms with Crippen LogP contribution in [0.25, 0.3) is 0 Å². The predicted octanol–water partition coefficient (Wildman–Crippen LogP) is 4.20. The smallest absolute Gasteiger partial charge is 0.0849 e. The normalized spacial score (nSPS) is 14.2. The molecule has 108 valence electrons. The summed E-state index contributed by atoms with van der Waals surface area (Å²) in [5.41, 5.74) is 2.98. The van der Waals surface area contributed by atoms with Gasteiger partial charge in [-0.05, 0) is 49.6 Å². The highest BCUT2D eigenvalue weighted by Crippen LogP contribution is 2.25. The van der Waals surface area contributed by atoms with Gasteiger partial charge in [-0.25, -0.2) is 0 Å². The van der Waals surface area contributed by atoms with E-state index in [1.54, 1.807) is 0 Å². The number of aromatic nitrogens is 2. The molecule has 2 unspecified atom stereocenters. The van der Waals surface area contributed by atoms with Gasteiger partial charge in [-0.3, -0.25) is 4.68 Å². The first-order valence-electron chi connectivity index (χ1n) is 6.99. The maximum absolute atomic E-state index is 10.4. The average molecular weight is 337 g/mol. The first-order chi connectivity index (χ1) is 9.51. The minimum absolute atomic E-state index is 0.397. The third-order valence-electron chi connectivity index (χ3n) is 3.71. The molecule has 0 spiro atoms. The van der Waals surface area contributed by atoms with Crippen molar-refractivity contribution < 1.29 is 5.11 Å². The van der Waals surface area contributed by atoms with Crippen LogP contribution in [0.3, 0.4) is 0 Å². The number of halogens is 1. The fourth-order valence-corrected chi connectivity index (χ4v) is 2.58. The zero-order chi connectivity index (χ0) is 14.7. The van der Waals surface area contributed by atoms with Crippen LogP contribution in [0.4, 0.5) is 0 Å². The number of aryl methyl sites for hydroxylation is 1. The molecular weight excluding hydrogens is 316 g/mol. The van der Waals surface area contributed by atoms with Crippen LogP contribution in [-0.2, 0) is 6.42 Å². The molecular formula is C16H21BrN2O. The number of aliphatic hydroxyl groups excluding tert-OH is 1. The second-order valence-corrected chi connectivity index (χ2v) is 6.18. The molecule has 0 bridgehead atoms. The molecule has 0 aliphatic heterocycles. The molecule has 1 N–H and O–H groups in total. The van der Waals surface area contributed by atoms with E-state index in [1.165, 1.54) is 0 Å². The molecule has 0 fully saturated rings. The first kappa shape index (κ1) is 15.3. The summed E-state index contributed by atoms with van der Waals surface area (Å²) in [6.07, 6.45) is 3.06. The average Bonchev–Trinajstić information content (AvgIpc) is 2.89.